The van der Waals surface area contributed by atoms with E-state index in [2.05, 4.69) is 10.5 Å². The summed E-state index contributed by atoms with van der Waals surface area (Å²) in [5, 5.41) is 16.7. The molecule has 0 aliphatic carbocycles. The molecule has 4 rings (SSSR count). The number of rotatable bonds is 3. The number of amides is 1. The zero-order valence-electron chi connectivity index (χ0n) is 13.1. The molecule has 4 aromatic rings. The molecule has 5 nitrogen and oxygen atoms in total. The Hall–Kier alpha value is -3.60. The molecule has 1 amide bonds. The van der Waals surface area contributed by atoms with Crippen LogP contribution in [0.2, 0.25) is 0 Å². The van der Waals surface area contributed by atoms with E-state index in [1.165, 1.54) is 6.21 Å². The van der Waals surface area contributed by atoms with Crippen molar-refractivity contribution < 1.29 is 14.3 Å². The quantitative estimate of drug-likeness (QED) is 0.439. The van der Waals surface area contributed by atoms with Crippen molar-refractivity contribution in [3.8, 4) is 5.75 Å². The molecule has 3 aromatic carbocycles. The third-order valence-corrected chi connectivity index (χ3v) is 3.96. The van der Waals surface area contributed by atoms with Crippen molar-refractivity contribution in [2.24, 2.45) is 5.10 Å². The summed E-state index contributed by atoms with van der Waals surface area (Å²) in [6.07, 6.45) is 1.43. The van der Waals surface area contributed by atoms with Gasteiger partial charge in [-0.1, -0.05) is 48.5 Å². The fourth-order valence-corrected chi connectivity index (χ4v) is 2.72. The van der Waals surface area contributed by atoms with Crippen LogP contribution in [0.3, 0.4) is 0 Å². The zero-order valence-corrected chi connectivity index (χ0v) is 13.1. The summed E-state index contributed by atoms with van der Waals surface area (Å²) in [5.41, 5.74) is 3.61. The van der Waals surface area contributed by atoms with Crippen LogP contribution < -0.4 is 5.43 Å². The summed E-state index contributed by atoms with van der Waals surface area (Å²) in [5.74, 6) is -0.173. The highest BCUT2D eigenvalue weighted by atomic mass is 16.3. The number of furan rings is 1. The molecule has 0 fully saturated rings. The number of hydrogen-bond donors (Lipinski definition) is 2. The molecule has 122 valence electrons. The van der Waals surface area contributed by atoms with Gasteiger partial charge >= 0.3 is 5.91 Å². The van der Waals surface area contributed by atoms with Gasteiger partial charge in [0.25, 0.3) is 0 Å². The van der Waals surface area contributed by atoms with Crippen molar-refractivity contribution in [2.45, 2.75) is 0 Å². The van der Waals surface area contributed by atoms with Gasteiger partial charge in [-0.3, -0.25) is 4.79 Å². The van der Waals surface area contributed by atoms with Crippen LogP contribution in [0.4, 0.5) is 0 Å². The molecule has 0 radical (unpaired) electrons. The van der Waals surface area contributed by atoms with Gasteiger partial charge in [-0.2, -0.15) is 5.10 Å². The lowest BCUT2D eigenvalue weighted by atomic mass is 10.0. The number of fused-ring (bicyclic) bond motifs is 2. The second kappa shape index (κ2) is 6.13. The zero-order chi connectivity index (χ0) is 17.2. The van der Waals surface area contributed by atoms with Crippen molar-refractivity contribution in [3.05, 3.63) is 78.1 Å². The van der Waals surface area contributed by atoms with Gasteiger partial charge in [0.1, 0.15) is 11.3 Å². The van der Waals surface area contributed by atoms with Crippen molar-refractivity contribution in [2.75, 3.05) is 0 Å². The number of para-hydroxylation sites is 1. The molecular formula is C20H14N2O3. The van der Waals surface area contributed by atoms with Gasteiger partial charge in [-0.15, -0.1) is 0 Å². The summed E-state index contributed by atoms with van der Waals surface area (Å²) in [6, 6.07) is 20.1. The van der Waals surface area contributed by atoms with E-state index >= 15 is 0 Å². The number of carbonyl (C=O) groups is 1. The van der Waals surface area contributed by atoms with Crippen LogP contribution in [0.1, 0.15) is 16.1 Å². The van der Waals surface area contributed by atoms with E-state index in [4.69, 9.17) is 4.42 Å². The normalized spacial score (nSPS) is 11.4. The lowest BCUT2D eigenvalue weighted by Gasteiger charge is -2.04. The van der Waals surface area contributed by atoms with E-state index in [1.807, 2.05) is 48.5 Å². The maximum absolute atomic E-state index is 12.2. The van der Waals surface area contributed by atoms with Crippen LogP contribution in [-0.4, -0.2) is 17.2 Å². The predicted octanol–water partition coefficient (Wildman–Crippen LogP) is 4.06. The molecule has 5 heteroatoms. The molecule has 0 aliphatic rings. The molecule has 0 aliphatic heterocycles. The monoisotopic (exact) mass is 330 g/mol. The van der Waals surface area contributed by atoms with E-state index in [0.717, 1.165) is 16.2 Å². The van der Waals surface area contributed by atoms with E-state index in [1.54, 1.807) is 18.2 Å². The van der Waals surface area contributed by atoms with E-state index in [0.29, 0.717) is 11.1 Å². The minimum absolute atomic E-state index is 0.0976. The van der Waals surface area contributed by atoms with Crippen LogP contribution in [0, 0.1) is 0 Å². The van der Waals surface area contributed by atoms with Gasteiger partial charge in [-0.25, -0.2) is 5.43 Å². The number of phenolic OH excluding ortho intramolecular Hbond substituents is 1. The van der Waals surface area contributed by atoms with Crippen molar-refractivity contribution in [1.29, 1.82) is 0 Å². The number of phenols is 1. The van der Waals surface area contributed by atoms with Crippen molar-refractivity contribution >= 4 is 33.9 Å². The van der Waals surface area contributed by atoms with Gasteiger partial charge in [0.05, 0.1) is 6.21 Å². The molecule has 0 saturated heterocycles. The highest BCUT2D eigenvalue weighted by Gasteiger charge is 2.11. The van der Waals surface area contributed by atoms with Gasteiger partial charge in [0, 0.05) is 10.9 Å². The van der Waals surface area contributed by atoms with Gasteiger partial charge in [0.2, 0.25) is 0 Å². The highest BCUT2D eigenvalue weighted by Crippen LogP contribution is 2.25. The van der Waals surface area contributed by atoms with Crippen LogP contribution in [0.5, 0.6) is 5.75 Å². The number of nitrogens with one attached hydrogen (secondary N) is 1. The summed E-state index contributed by atoms with van der Waals surface area (Å²) in [4.78, 5) is 12.2. The van der Waals surface area contributed by atoms with Crippen LogP contribution in [0.25, 0.3) is 21.7 Å². The SMILES string of the molecule is O=C(NN=Cc1c(O)ccc2ccccc12)c1cc2ccccc2o1. The molecule has 0 spiro atoms. The molecule has 0 unspecified atom stereocenters. The Kier molecular flexibility index (Phi) is 3.67. The average molecular weight is 330 g/mol. The molecule has 0 bridgehead atoms. The van der Waals surface area contributed by atoms with Gasteiger partial charge in [-0.05, 0) is 29.0 Å². The Balaban J connectivity index is 1.58. The fraction of sp³-hybridized carbons (Fsp3) is 0. The minimum atomic E-state index is -0.452. The summed E-state index contributed by atoms with van der Waals surface area (Å²) < 4.78 is 5.49. The molecule has 0 saturated carbocycles. The number of aromatic hydroxyl groups is 1. The lowest BCUT2D eigenvalue weighted by molar-refractivity contribution is 0.0929. The smallest absolute Gasteiger partial charge is 0.307 e. The second-order valence-electron chi connectivity index (χ2n) is 5.57. The molecular weight excluding hydrogens is 316 g/mol. The maximum Gasteiger partial charge on any atom is 0.307 e. The van der Waals surface area contributed by atoms with E-state index in [-0.39, 0.29) is 11.5 Å². The van der Waals surface area contributed by atoms with Crippen LogP contribution >= 0.6 is 0 Å². The number of hydrogen-bond acceptors (Lipinski definition) is 4. The fourth-order valence-electron chi connectivity index (χ4n) is 2.72. The maximum atomic E-state index is 12.2. The van der Waals surface area contributed by atoms with Crippen molar-refractivity contribution in [1.82, 2.24) is 5.43 Å². The first kappa shape index (κ1) is 15.0. The Morgan fingerprint density at radius 3 is 2.60 bits per heavy atom. The summed E-state index contributed by atoms with van der Waals surface area (Å²) in [7, 11) is 0. The molecule has 1 heterocycles. The Morgan fingerprint density at radius 2 is 1.76 bits per heavy atom. The average Bonchev–Trinajstić information content (AvgIpc) is 3.08. The first-order valence-electron chi connectivity index (χ1n) is 7.75. The highest BCUT2D eigenvalue weighted by molar-refractivity contribution is 6.03. The number of benzene rings is 3. The van der Waals surface area contributed by atoms with E-state index in [9.17, 15) is 9.90 Å². The summed E-state index contributed by atoms with van der Waals surface area (Å²) in [6.45, 7) is 0. The summed E-state index contributed by atoms with van der Waals surface area (Å²) >= 11 is 0. The van der Waals surface area contributed by atoms with Gasteiger partial charge < -0.3 is 9.52 Å². The Bertz CT molecular complexity index is 1080. The second-order valence-corrected chi connectivity index (χ2v) is 5.57. The standard InChI is InChI=1S/C20H14N2O3/c23-17-10-9-13-5-1-3-7-15(13)16(17)12-21-22-20(24)19-11-14-6-2-4-8-18(14)25-19/h1-12,23H,(H,22,24). The third-order valence-electron chi connectivity index (χ3n) is 3.96. The molecule has 2 N–H and O–H groups in total. The lowest BCUT2D eigenvalue weighted by Crippen LogP contribution is -2.16. The first-order valence-corrected chi connectivity index (χ1v) is 7.75. The number of nitrogens with zero attached hydrogens (tertiary/aromatic N) is 1. The minimum Gasteiger partial charge on any atom is -0.507 e. The topological polar surface area (TPSA) is 74.8 Å². The van der Waals surface area contributed by atoms with Crippen LogP contribution in [-0.2, 0) is 0 Å². The predicted molar refractivity (Wildman–Crippen MR) is 96.9 cm³/mol. The Morgan fingerprint density at radius 1 is 1.00 bits per heavy atom. The molecule has 25 heavy (non-hydrogen) atoms. The molecule has 0 atom stereocenters. The number of hydrazone groups is 1. The Labute approximate surface area is 143 Å². The van der Waals surface area contributed by atoms with Crippen molar-refractivity contribution in [3.63, 3.8) is 0 Å². The van der Waals surface area contributed by atoms with E-state index < -0.39 is 5.91 Å². The first-order chi connectivity index (χ1) is 12.2. The van der Waals surface area contributed by atoms with Crippen LogP contribution in [0.15, 0.2) is 76.2 Å². The third kappa shape index (κ3) is 2.83. The largest absolute Gasteiger partial charge is 0.507 e. The number of carbonyl (C=O) groups excluding carboxylic acids is 1. The molecule has 1 aromatic heterocycles. The van der Waals surface area contributed by atoms with Gasteiger partial charge in [0.15, 0.2) is 5.76 Å².